The Morgan fingerprint density at radius 3 is 2.57 bits per heavy atom. The molecule has 0 radical (unpaired) electrons. The van der Waals surface area contributed by atoms with Crippen molar-refractivity contribution in [2.45, 2.75) is 50.9 Å². The molecule has 1 N–H and O–H groups in total. The standard InChI is InChI=1S/C17H20F2N2/c18-13-8-15-16(9-14(13)19)21-17(20-15)12-6-5-10-3-1-2-4-11(10)7-12/h8-12H,1-7H2,(H,20,21). The van der Waals surface area contributed by atoms with Gasteiger partial charge in [-0.05, 0) is 31.1 Å². The molecule has 112 valence electrons. The van der Waals surface area contributed by atoms with Crippen molar-refractivity contribution < 1.29 is 8.78 Å². The van der Waals surface area contributed by atoms with Gasteiger partial charge in [0.15, 0.2) is 11.6 Å². The van der Waals surface area contributed by atoms with E-state index in [0.717, 1.165) is 24.1 Å². The minimum Gasteiger partial charge on any atom is -0.342 e. The summed E-state index contributed by atoms with van der Waals surface area (Å²) < 4.78 is 26.6. The van der Waals surface area contributed by atoms with Crippen LogP contribution in [0.5, 0.6) is 0 Å². The highest BCUT2D eigenvalue weighted by atomic mass is 19.2. The summed E-state index contributed by atoms with van der Waals surface area (Å²) in [5, 5.41) is 0. The molecule has 21 heavy (non-hydrogen) atoms. The maximum Gasteiger partial charge on any atom is 0.161 e. The lowest BCUT2D eigenvalue weighted by Gasteiger charge is -2.38. The highest BCUT2D eigenvalue weighted by Gasteiger charge is 2.33. The molecular formula is C17H20F2N2. The van der Waals surface area contributed by atoms with E-state index in [2.05, 4.69) is 9.97 Å². The van der Waals surface area contributed by atoms with E-state index in [1.165, 1.54) is 50.7 Å². The Hall–Kier alpha value is -1.45. The fourth-order valence-corrected chi connectivity index (χ4v) is 4.34. The van der Waals surface area contributed by atoms with Crippen LogP contribution in [-0.4, -0.2) is 9.97 Å². The Kier molecular flexibility index (Phi) is 3.20. The third-order valence-corrected chi connectivity index (χ3v) is 5.47. The van der Waals surface area contributed by atoms with Gasteiger partial charge in [0.2, 0.25) is 0 Å². The van der Waals surface area contributed by atoms with Gasteiger partial charge in [-0.15, -0.1) is 0 Å². The second kappa shape index (κ2) is 5.08. The van der Waals surface area contributed by atoms with E-state index in [1.54, 1.807) is 0 Å². The van der Waals surface area contributed by atoms with Crippen LogP contribution >= 0.6 is 0 Å². The summed E-state index contributed by atoms with van der Waals surface area (Å²) >= 11 is 0. The van der Waals surface area contributed by atoms with Crippen LogP contribution in [0.3, 0.4) is 0 Å². The van der Waals surface area contributed by atoms with Gasteiger partial charge in [-0.2, -0.15) is 0 Å². The minimum atomic E-state index is -0.823. The number of hydrogen-bond donors (Lipinski definition) is 1. The number of imidazole rings is 1. The molecule has 3 unspecified atom stereocenters. The number of benzene rings is 1. The summed E-state index contributed by atoms with van der Waals surface area (Å²) in [6.45, 7) is 0. The smallest absolute Gasteiger partial charge is 0.161 e. The van der Waals surface area contributed by atoms with Crippen molar-refractivity contribution >= 4 is 11.0 Å². The second-order valence-electron chi connectivity index (χ2n) is 6.72. The average Bonchev–Trinajstić information content (AvgIpc) is 2.90. The summed E-state index contributed by atoms with van der Waals surface area (Å²) in [5.41, 5.74) is 1.14. The molecule has 2 nitrogen and oxygen atoms in total. The fourth-order valence-electron chi connectivity index (χ4n) is 4.34. The molecule has 0 bridgehead atoms. The van der Waals surface area contributed by atoms with Gasteiger partial charge in [0.1, 0.15) is 5.82 Å². The maximum atomic E-state index is 13.3. The van der Waals surface area contributed by atoms with Gasteiger partial charge in [0.25, 0.3) is 0 Å². The van der Waals surface area contributed by atoms with E-state index >= 15 is 0 Å². The van der Waals surface area contributed by atoms with Gasteiger partial charge in [0, 0.05) is 18.1 Å². The van der Waals surface area contributed by atoms with Crippen LogP contribution in [-0.2, 0) is 0 Å². The monoisotopic (exact) mass is 290 g/mol. The molecule has 2 aliphatic rings. The summed E-state index contributed by atoms with van der Waals surface area (Å²) in [6, 6.07) is 2.41. The molecule has 2 saturated carbocycles. The van der Waals surface area contributed by atoms with Gasteiger partial charge < -0.3 is 4.98 Å². The quantitative estimate of drug-likeness (QED) is 0.793. The van der Waals surface area contributed by atoms with Gasteiger partial charge in [-0.3, -0.25) is 0 Å². The highest BCUT2D eigenvalue weighted by Crippen LogP contribution is 2.45. The van der Waals surface area contributed by atoms with E-state index in [9.17, 15) is 8.78 Å². The molecule has 0 amide bonds. The molecule has 2 fully saturated rings. The largest absolute Gasteiger partial charge is 0.342 e. The third-order valence-electron chi connectivity index (χ3n) is 5.47. The summed E-state index contributed by atoms with van der Waals surface area (Å²) in [7, 11) is 0. The van der Waals surface area contributed by atoms with Gasteiger partial charge in [-0.25, -0.2) is 13.8 Å². The summed E-state index contributed by atoms with van der Waals surface area (Å²) in [4.78, 5) is 7.72. The predicted octanol–water partition coefficient (Wildman–Crippen LogP) is 4.92. The van der Waals surface area contributed by atoms with Crippen molar-refractivity contribution in [3.8, 4) is 0 Å². The van der Waals surface area contributed by atoms with Crippen molar-refractivity contribution in [1.29, 1.82) is 0 Å². The van der Waals surface area contributed by atoms with Crippen molar-refractivity contribution in [3.63, 3.8) is 0 Å². The lowest BCUT2D eigenvalue weighted by Crippen LogP contribution is -2.27. The molecule has 0 saturated heterocycles. The van der Waals surface area contributed by atoms with Crippen LogP contribution < -0.4 is 0 Å². The summed E-state index contributed by atoms with van der Waals surface area (Å²) in [6.07, 6.45) is 9.05. The van der Waals surface area contributed by atoms with E-state index in [0.29, 0.717) is 17.0 Å². The fraction of sp³-hybridized carbons (Fsp3) is 0.588. The number of nitrogens with zero attached hydrogens (tertiary/aromatic N) is 1. The van der Waals surface area contributed by atoms with Gasteiger partial charge in [0.05, 0.1) is 11.0 Å². The molecule has 4 rings (SSSR count). The van der Waals surface area contributed by atoms with Crippen LogP contribution in [0.2, 0.25) is 0 Å². The van der Waals surface area contributed by atoms with E-state index < -0.39 is 11.6 Å². The molecule has 1 aromatic carbocycles. The Labute approximate surface area is 123 Å². The molecule has 0 aliphatic heterocycles. The third kappa shape index (κ3) is 2.34. The zero-order valence-corrected chi connectivity index (χ0v) is 12.0. The first-order valence-corrected chi connectivity index (χ1v) is 8.05. The zero-order chi connectivity index (χ0) is 14.4. The van der Waals surface area contributed by atoms with Crippen LogP contribution in [0.1, 0.15) is 56.7 Å². The van der Waals surface area contributed by atoms with E-state index in [-0.39, 0.29) is 0 Å². The number of hydrogen-bond acceptors (Lipinski definition) is 1. The van der Waals surface area contributed by atoms with E-state index in [4.69, 9.17) is 0 Å². The first-order valence-electron chi connectivity index (χ1n) is 8.05. The highest BCUT2D eigenvalue weighted by molar-refractivity contribution is 5.75. The van der Waals surface area contributed by atoms with Crippen LogP contribution in [0, 0.1) is 23.5 Å². The molecular weight excluding hydrogens is 270 g/mol. The SMILES string of the molecule is Fc1cc2nc(C3CCC4CCCCC4C3)[nH]c2cc1F. The molecule has 1 heterocycles. The van der Waals surface area contributed by atoms with Gasteiger partial charge >= 0.3 is 0 Å². The Morgan fingerprint density at radius 2 is 1.71 bits per heavy atom. The first kappa shape index (κ1) is 13.2. The Bertz CT molecular complexity index is 625. The van der Waals surface area contributed by atoms with Crippen LogP contribution in [0.25, 0.3) is 11.0 Å². The zero-order valence-electron chi connectivity index (χ0n) is 12.0. The molecule has 2 aromatic rings. The molecule has 2 aliphatic carbocycles. The number of fused-ring (bicyclic) bond motifs is 2. The number of rotatable bonds is 1. The number of H-pyrrole nitrogens is 1. The average molecular weight is 290 g/mol. The van der Waals surface area contributed by atoms with Crippen molar-refractivity contribution in [3.05, 3.63) is 29.6 Å². The normalized spacial score (nSPS) is 29.5. The molecule has 1 aromatic heterocycles. The second-order valence-corrected chi connectivity index (χ2v) is 6.72. The van der Waals surface area contributed by atoms with Crippen molar-refractivity contribution in [1.82, 2.24) is 9.97 Å². The molecule has 0 spiro atoms. The topological polar surface area (TPSA) is 28.7 Å². The minimum absolute atomic E-state index is 0.419. The van der Waals surface area contributed by atoms with Crippen LogP contribution in [0.4, 0.5) is 8.78 Å². The Balaban J connectivity index is 1.61. The van der Waals surface area contributed by atoms with Crippen molar-refractivity contribution in [2.24, 2.45) is 11.8 Å². The predicted molar refractivity (Wildman–Crippen MR) is 78.0 cm³/mol. The van der Waals surface area contributed by atoms with Crippen molar-refractivity contribution in [2.75, 3.05) is 0 Å². The number of aromatic nitrogens is 2. The molecule has 4 heteroatoms. The number of nitrogens with one attached hydrogen (secondary N) is 1. The number of aromatic amines is 1. The first-order chi connectivity index (χ1) is 10.2. The van der Waals surface area contributed by atoms with Gasteiger partial charge in [-0.1, -0.05) is 25.7 Å². The molecule has 3 atom stereocenters. The Morgan fingerprint density at radius 1 is 0.952 bits per heavy atom. The van der Waals surface area contributed by atoms with E-state index in [1.807, 2.05) is 0 Å². The van der Waals surface area contributed by atoms with Crippen LogP contribution in [0.15, 0.2) is 12.1 Å². The summed E-state index contributed by atoms with van der Waals surface area (Å²) in [5.74, 6) is 1.42. The maximum absolute atomic E-state index is 13.3. The lowest BCUT2D eigenvalue weighted by molar-refractivity contribution is 0.153. The number of halogens is 2. The lowest BCUT2D eigenvalue weighted by atomic mass is 9.67.